The van der Waals surface area contributed by atoms with E-state index >= 15 is 0 Å². The van der Waals surface area contributed by atoms with Crippen LogP contribution in [0.2, 0.25) is 0 Å². The number of hydrogen-bond donors (Lipinski definition) is 2. The molecule has 1 heterocycles. The van der Waals surface area contributed by atoms with Crippen LogP contribution in [0.1, 0.15) is 42.1 Å². The minimum atomic E-state index is -0.398. The lowest BCUT2D eigenvalue weighted by molar-refractivity contribution is -0.116. The van der Waals surface area contributed by atoms with Crippen molar-refractivity contribution in [2.24, 2.45) is 0 Å². The van der Waals surface area contributed by atoms with Gasteiger partial charge in [0.15, 0.2) is 0 Å². The Kier molecular flexibility index (Phi) is 3.41. The zero-order valence-corrected chi connectivity index (χ0v) is 12.2. The quantitative estimate of drug-likeness (QED) is 0.820. The van der Waals surface area contributed by atoms with E-state index in [1.807, 2.05) is 13.0 Å². The Morgan fingerprint density at radius 1 is 1.38 bits per heavy atom. The molecule has 2 N–H and O–H groups in total. The lowest BCUT2D eigenvalue weighted by Gasteiger charge is -2.27. The third-order valence-corrected chi connectivity index (χ3v) is 3.96. The minimum absolute atomic E-state index is 0.101. The van der Waals surface area contributed by atoms with Crippen LogP contribution < -0.4 is 10.6 Å². The highest BCUT2D eigenvalue weighted by atomic mass is 16.5. The molecule has 0 radical (unpaired) electrons. The molecule has 21 heavy (non-hydrogen) atoms. The molecule has 0 saturated carbocycles. The van der Waals surface area contributed by atoms with Gasteiger partial charge in [0, 0.05) is 5.56 Å². The Morgan fingerprint density at radius 3 is 2.86 bits per heavy atom. The number of amides is 1. The van der Waals surface area contributed by atoms with Crippen molar-refractivity contribution in [2.75, 3.05) is 17.7 Å². The van der Waals surface area contributed by atoms with Crippen molar-refractivity contribution in [3.63, 3.8) is 0 Å². The van der Waals surface area contributed by atoms with Gasteiger partial charge in [-0.05, 0) is 43.9 Å². The van der Waals surface area contributed by atoms with Gasteiger partial charge in [0.2, 0.25) is 5.91 Å². The number of esters is 1. The fraction of sp³-hybridized carbons (Fsp3) is 0.375. The lowest BCUT2D eigenvalue weighted by Crippen LogP contribution is -2.37. The summed E-state index contributed by atoms with van der Waals surface area (Å²) < 4.78 is 4.80. The largest absolute Gasteiger partial charge is 0.465 e. The molecule has 1 atom stereocenters. The van der Waals surface area contributed by atoms with E-state index in [-0.39, 0.29) is 11.9 Å². The molecule has 1 amide bonds. The monoisotopic (exact) mass is 286 g/mol. The van der Waals surface area contributed by atoms with Gasteiger partial charge in [-0.3, -0.25) is 4.79 Å². The summed E-state index contributed by atoms with van der Waals surface area (Å²) in [5.74, 6) is -0.499. The van der Waals surface area contributed by atoms with Crippen LogP contribution in [-0.4, -0.2) is 25.0 Å². The number of benzene rings is 1. The number of carbonyl (C=O) groups is 2. The third kappa shape index (κ3) is 2.39. The summed E-state index contributed by atoms with van der Waals surface area (Å²) in [6.45, 7) is 1.82. The van der Waals surface area contributed by atoms with E-state index in [9.17, 15) is 9.59 Å². The number of carbonyl (C=O) groups excluding carboxylic acids is 2. The molecule has 5 heteroatoms. The number of fused-ring (bicyclic) bond motifs is 1. The van der Waals surface area contributed by atoms with Gasteiger partial charge in [-0.15, -0.1) is 0 Å². The Bertz CT molecular complexity index is 649. The highest BCUT2D eigenvalue weighted by Crippen LogP contribution is 2.39. The number of allylic oxidation sites excluding steroid dienone is 2. The predicted octanol–water partition coefficient (Wildman–Crippen LogP) is 2.79. The van der Waals surface area contributed by atoms with E-state index in [0.717, 1.165) is 30.5 Å². The maximum Gasteiger partial charge on any atom is 0.337 e. The summed E-state index contributed by atoms with van der Waals surface area (Å²) in [7, 11) is 1.36. The lowest BCUT2D eigenvalue weighted by atomic mass is 9.97. The van der Waals surface area contributed by atoms with E-state index in [0.29, 0.717) is 11.3 Å². The van der Waals surface area contributed by atoms with Gasteiger partial charge in [-0.1, -0.05) is 6.08 Å². The standard InChI is InChI=1S/C16H18N2O3/c1-9-15(19)18-13-8-11(16(20)21-2)7-12(14(13)17-9)10-5-3-4-6-10/h5,7-9,17H,3-4,6H2,1-2H3,(H,18,19). The van der Waals surface area contributed by atoms with Gasteiger partial charge in [-0.25, -0.2) is 4.79 Å². The molecule has 1 aromatic rings. The molecule has 1 aliphatic carbocycles. The van der Waals surface area contributed by atoms with Crippen molar-refractivity contribution >= 4 is 28.8 Å². The highest BCUT2D eigenvalue weighted by molar-refractivity contribution is 6.07. The summed E-state index contributed by atoms with van der Waals surface area (Å²) in [5.41, 5.74) is 4.19. The van der Waals surface area contributed by atoms with Gasteiger partial charge >= 0.3 is 5.97 Å². The second-order valence-electron chi connectivity index (χ2n) is 5.41. The van der Waals surface area contributed by atoms with Crippen molar-refractivity contribution in [2.45, 2.75) is 32.2 Å². The van der Waals surface area contributed by atoms with Crippen molar-refractivity contribution in [1.29, 1.82) is 0 Å². The number of ether oxygens (including phenoxy) is 1. The minimum Gasteiger partial charge on any atom is -0.465 e. The molecule has 5 nitrogen and oxygen atoms in total. The molecular weight excluding hydrogens is 268 g/mol. The predicted molar refractivity (Wildman–Crippen MR) is 81.3 cm³/mol. The average Bonchev–Trinajstić information content (AvgIpc) is 3.00. The Balaban J connectivity index is 2.14. The van der Waals surface area contributed by atoms with Gasteiger partial charge in [0.1, 0.15) is 6.04 Å². The second kappa shape index (κ2) is 5.24. The van der Waals surface area contributed by atoms with Crippen LogP contribution in [0.15, 0.2) is 18.2 Å². The summed E-state index contributed by atoms with van der Waals surface area (Å²) in [6, 6.07) is 3.22. The number of methoxy groups -OCH3 is 1. The Labute approximate surface area is 123 Å². The molecular formula is C16H18N2O3. The fourth-order valence-electron chi connectivity index (χ4n) is 2.82. The van der Waals surface area contributed by atoms with Crippen molar-refractivity contribution in [1.82, 2.24) is 0 Å². The Hall–Kier alpha value is -2.30. The molecule has 3 rings (SSSR count). The van der Waals surface area contributed by atoms with E-state index < -0.39 is 5.97 Å². The van der Waals surface area contributed by atoms with Gasteiger partial charge in [-0.2, -0.15) is 0 Å². The second-order valence-corrected chi connectivity index (χ2v) is 5.41. The average molecular weight is 286 g/mol. The third-order valence-electron chi connectivity index (χ3n) is 3.96. The first-order valence-corrected chi connectivity index (χ1v) is 7.13. The number of rotatable bonds is 2. The molecule has 0 spiro atoms. The maximum absolute atomic E-state index is 11.8. The molecule has 2 aliphatic rings. The Morgan fingerprint density at radius 2 is 2.19 bits per heavy atom. The molecule has 1 unspecified atom stereocenters. The summed E-state index contributed by atoms with van der Waals surface area (Å²) in [5, 5.41) is 6.09. The molecule has 0 bridgehead atoms. The topological polar surface area (TPSA) is 67.4 Å². The van der Waals surface area contributed by atoms with Crippen LogP contribution >= 0.6 is 0 Å². The molecule has 110 valence electrons. The van der Waals surface area contributed by atoms with Crippen LogP contribution in [0.25, 0.3) is 5.57 Å². The molecule has 0 aromatic heterocycles. The van der Waals surface area contributed by atoms with Crippen molar-refractivity contribution in [3.05, 3.63) is 29.3 Å². The first-order chi connectivity index (χ1) is 10.1. The van der Waals surface area contributed by atoms with Gasteiger partial charge in [0.05, 0.1) is 24.0 Å². The zero-order valence-electron chi connectivity index (χ0n) is 12.2. The molecule has 1 aliphatic heterocycles. The van der Waals surface area contributed by atoms with Crippen LogP contribution in [-0.2, 0) is 9.53 Å². The van der Waals surface area contributed by atoms with Crippen molar-refractivity contribution in [3.8, 4) is 0 Å². The van der Waals surface area contributed by atoms with Crippen LogP contribution in [0.3, 0.4) is 0 Å². The molecule has 0 fully saturated rings. The van der Waals surface area contributed by atoms with E-state index in [1.165, 1.54) is 12.7 Å². The van der Waals surface area contributed by atoms with E-state index in [1.54, 1.807) is 6.07 Å². The SMILES string of the molecule is COC(=O)c1cc2c(c(C3=CCCC3)c1)NC(C)C(=O)N2. The maximum atomic E-state index is 11.8. The summed E-state index contributed by atoms with van der Waals surface area (Å²) in [6.07, 6.45) is 5.35. The zero-order chi connectivity index (χ0) is 15.0. The fourth-order valence-corrected chi connectivity index (χ4v) is 2.82. The van der Waals surface area contributed by atoms with Crippen LogP contribution in [0, 0.1) is 0 Å². The summed E-state index contributed by atoms with van der Waals surface area (Å²) in [4.78, 5) is 23.7. The van der Waals surface area contributed by atoms with Gasteiger partial charge < -0.3 is 15.4 Å². The van der Waals surface area contributed by atoms with Crippen molar-refractivity contribution < 1.29 is 14.3 Å². The number of anilines is 2. The summed E-state index contributed by atoms with van der Waals surface area (Å²) >= 11 is 0. The molecule has 1 aromatic carbocycles. The first kappa shape index (κ1) is 13.7. The number of nitrogens with one attached hydrogen (secondary N) is 2. The van der Waals surface area contributed by atoms with Crippen LogP contribution in [0.5, 0.6) is 0 Å². The molecule has 0 saturated heterocycles. The van der Waals surface area contributed by atoms with E-state index in [4.69, 9.17) is 4.74 Å². The number of hydrogen-bond acceptors (Lipinski definition) is 4. The van der Waals surface area contributed by atoms with Gasteiger partial charge in [0.25, 0.3) is 0 Å². The first-order valence-electron chi connectivity index (χ1n) is 7.13. The smallest absolute Gasteiger partial charge is 0.337 e. The highest BCUT2D eigenvalue weighted by Gasteiger charge is 2.27. The van der Waals surface area contributed by atoms with Crippen LogP contribution in [0.4, 0.5) is 11.4 Å². The van der Waals surface area contributed by atoms with E-state index in [2.05, 4.69) is 16.7 Å². The normalized spacial score (nSPS) is 20.2.